The van der Waals surface area contributed by atoms with Gasteiger partial charge in [0.15, 0.2) is 12.2 Å². The number of rotatable bonds is 4. The number of aromatic nitrogens is 1. The molecular weight excluding hydrogens is 290 g/mol. The van der Waals surface area contributed by atoms with Crippen molar-refractivity contribution < 1.29 is 28.5 Å². The number of carbonyl (C=O) groups excluding carboxylic acids is 2. The van der Waals surface area contributed by atoms with Crippen molar-refractivity contribution in [3.63, 3.8) is 0 Å². The van der Waals surface area contributed by atoms with Crippen LogP contribution in [0.5, 0.6) is 0 Å². The highest BCUT2D eigenvalue weighted by Crippen LogP contribution is 2.31. The first kappa shape index (κ1) is 14.9. The molecule has 2 aliphatic heterocycles. The zero-order chi connectivity index (χ0) is 15.5. The highest BCUT2D eigenvalue weighted by molar-refractivity contribution is 5.89. The zero-order valence-electron chi connectivity index (χ0n) is 12.1. The van der Waals surface area contributed by atoms with E-state index in [0.29, 0.717) is 12.0 Å². The third kappa shape index (κ3) is 2.95. The summed E-state index contributed by atoms with van der Waals surface area (Å²) in [5, 5.41) is 0. The SMILES string of the molecule is CCC(=O)O[C@H]1CO[C@@H]2C(OC(=O)c3cccnc3)CO[C@H]12. The van der Waals surface area contributed by atoms with Crippen molar-refractivity contribution in [1.82, 2.24) is 4.98 Å². The lowest BCUT2D eigenvalue weighted by Gasteiger charge is -2.17. The Hall–Kier alpha value is -1.99. The maximum Gasteiger partial charge on any atom is 0.340 e. The summed E-state index contributed by atoms with van der Waals surface area (Å²) in [4.78, 5) is 27.3. The minimum Gasteiger partial charge on any atom is -0.457 e. The molecule has 3 rings (SSSR count). The van der Waals surface area contributed by atoms with Crippen molar-refractivity contribution in [1.29, 1.82) is 0 Å². The largest absolute Gasteiger partial charge is 0.457 e. The molecule has 118 valence electrons. The van der Waals surface area contributed by atoms with Crippen molar-refractivity contribution in [3.8, 4) is 0 Å². The number of carbonyl (C=O) groups is 2. The summed E-state index contributed by atoms with van der Waals surface area (Å²) in [6, 6.07) is 3.29. The molecule has 2 saturated heterocycles. The van der Waals surface area contributed by atoms with Gasteiger partial charge in [-0.1, -0.05) is 6.92 Å². The highest BCUT2D eigenvalue weighted by atomic mass is 16.7. The second-order valence-electron chi connectivity index (χ2n) is 5.16. The molecule has 0 saturated carbocycles. The second kappa shape index (κ2) is 6.41. The van der Waals surface area contributed by atoms with Crippen LogP contribution in [0.25, 0.3) is 0 Å². The van der Waals surface area contributed by atoms with Crippen molar-refractivity contribution in [2.45, 2.75) is 37.8 Å². The van der Waals surface area contributed by atoms with Crippen LogP contribution < -0.4 is 0 Å². The minimum atomic E-state index is -0.511. The smallest absolute Gasteiger partial charge is 0.340 e. The van der Waals surface area contributed by atoms with Gasteiger partial charge in [0.1, 0.15) is 12.2 Å². The molecule has 0 bridgehead atoms. The van der Waals surface area contributed by atoms with Gasteiger partial charge in [-0.05, 0) is 12.1 Å². The van der Waals surface area contributed by atoms with Crippen LogP contribution in [0, 0.1) is 0 Å². The molecule has 0 N–H and O–H groups in total. The van der Waals surface area contributed by atoms with Gasteiger partial charge in [-0.3, -0.25) is 9.78 Å². The molecule has 0 radical (unpaired) electrons. The molecule has 0 aliphatic carbocycles. The van der Waals surface area contributed by atoms with Crippen LogP contribution in [-0.2, 0) is 23.7 Å². The summed E-state index contributed by atoms with van der Waals surface area (Å²) in [7, 11) is 0. The van der Waals surface area contributed by atoms with Gasteiger partial charge in [0, 0.05) is 18.8 Å². The molecular formula is C15H17NO6. The average Bonchev–Trinajstić information content (AvgIpc) is 3.12. The van der Waals surface area contributed by atoms with Gasteiger partial charge in [0.05, 0.1) is 18.8 Å². The Morgan fingerprint density at radius 1 is 1.23 bits per heavy atom. The number of hydrogen-bond acceptors (Lipinski definition) is 7. The van der Waals surface area contributed by atoms with E-state index in [4.69, 9.17) is 18.9 Å². The number of pyridine rings is 1. The van der Waals surface area contributed by atoms with Gasteiger partial charge in [-0.15, -0.1) is 0 Å². The van der Waals surface area contributed by atoms with Crippen LogP contribution in [0.1, 0.15) is 23.7 Å². The molecule has 22 heavy (non-hydrogen) atoms. The lowest BCUT2D eigenvalue weighted by molar-refractivity contribution is -0.153. The first-order chi connectivity index (χ1) is 10.7. The number of fused-ring (bicyclic) bond motifs is 1. The van der Waals surface area contributed by atoms with Gasteiger partial charge in [0.2, 0.25) is 0 Å². The maximum atomic E-state index is 12.0. The van der Waals surface area contributed by atoms with E-state index in [0.717, 1.165) is 0 Å². The first-order valence-electron chi connectivity index (χ1n) is 7.22. The minimum absolute atomic E-state index is 0.224. The van der Waals surface area contributed by atoms with Gasteiger partial charge < -0.3 is 18.9 Å². The van der Waals surface area contributed by atoms with Gasteiger partial charge in [-0.2, -0.15) is 0 Å². The first-order valence-corrected chi connectivity index (χ1v) is 7.22. The van der Waals surface area contributed by atoms with Gasteiger partial charge in [-0.25, -0.2) is 4.79 Å². The maximum absolute atomic E-state index is 12.0. The third-order valence-electron chi connectivity index (χ3n) is 3.69. The molecule has 7 nitrogen and oxygen atoms in total. The molecule has 2 aliphatic rings. The van der Waals surface area contributed by atoms with Crippen LogP contribution >= 0.6 is 0 Å². The van der Waals surface area contributed by atoms with Gasteiger partial charge >= 0.3 is 11.9 Å². The Labute approximate surface area is 127 Å². The number of ether oxygens (including phenoxy) is 4. The van der Waals surface area contributed by atoms with E-state index < -0.39 is 24.3 Å². The Morgan fingerprint density at radius 3 is 2.50 bits per heavy atom. The van der Waals surface area contributed by atoms with Crippen molar-refractivity contribution >= 4 is 11.9 Å². The predicted molar refractivity (Wildman–Crippen MR) is 73.1 cm³/mol. The molecule has 4 atom stereocenters. The molecule has 2 fully saturated rings. The van der Waals surface area contributed by atoms with Crippen LogP contribution in [-0.4, -0.2) is 54.6 Å². The van der Waals surface area contributed by atoms with Crippen molar-refractivity contribution in [3.05, 3.63) is 30.1 Å². The van der Waals surface area contributed by atoms with E-state index in [-0.39, 0.29) is 25.3 Å². The monoisotopic (exact) mass is 307 g/mol. The summed E-state index contributed by atoms with van der Waals surface area (Å²) in [5.41, 5.74) is 0.373. The van der Waals surface area contributed by atoms with E-state index in [1.165, 1.54) is 6.20 Å². The van der Waals surface area contributed by atoms with Crippen molar-refractivity contribution in [2.24, 2.45) is 0 Å². The van der Waals surface area contributed by atoms with Crippen LogP contribution in [0.15, 0.2) is 24.5 Å². The molecule has 7 heteroatoms. The topological polar surface area (TPSA) is 84.0 Å². The summed E-state index contributed by atoms with van der Waals surface area (Å²) < 4.78 is 21.9. The zero-order valence-corrected chi connectivity index (χ0v) is 12.1. The van der Waals surface area contributed by atoms with E-state index in [9.17, 15) is 9.59 Å². The fraction of sp³-hybridized carbons (Fsp3) is 0.533. The van der Waals surface area contributed by atoms with E-state index in [1.807, 2.05) is 0 Å². The summed E-state index contributed by atoms with van der Waals surface area (Å²) in [5.74, 6) is -0.770. The normalized spacial score (nSPS) is 29.9. The molecule has 1 aromatic heterocycles. The number of hydrogen-bond donors (Lipinski definition) is 0. The Kier molecular flexibility index (Phi) is 4.35. The molecule has 1 unspecified atom stereocenters. The summed E-state index contributed by atoms with van der Waals surface area (Å²) >= 11 is 0. The van der Waals surface area contributed by atoms with Crippen LogP contribution in [0.2, 0.25) is 0 Å². The third-order valence-corrected chi connectivity index (χ3v) is 3.69. The number of esters is 2. The Balaban J connectivity index is 1.59. The highest BCUT2D eigenvalue weighted by Gasteiger charge is 2.51. The molecule has 3 heterocycles. The van der Waals surface area contributed by atoms with Crippen LogP contribution in [0.4, 0.5) is 0 Å². The quantitative estimate of drug-likeness (QED) is 0.758. The fourth-order valence-electron chi connectivity index (χ4n) is 2.57. The van der Waals surface area contributed by atoms with Crippen molar-refractivity contribution in [2.75, 3.05) is 13.2 Å². The summed E-state index contributed by atoms with van der Waals surface area (Å²) in [6.07, 6.45) is 1.57. The second-order valence-corrected chi connectivity index (χ2v) is 5.16. The van der Waals surface area contributed by atoms with E-state index in [1.54, 1.807) is 25.3 Å². The lowest BCUT2D eigenvalue weighted by Crippen LogP contribution is -2.35. The fourth-order valence-corrected chi connectivity index (χ4v) is 2.57. The molecule has 1 aromatic rings. The van der Waals surface area contributed by atoms with Crippen LogP contribution in [0.3, 0.4) is 0 Å². The lowest BCUT2D eigenvalue weighted by atomic mass is 10.1. The van der Waals surface area contributed by atoms with E-state index >= 15 is 0 Å². The van der Waals surface area contributed by atoms with E-state index in [2.05, 4.69) is 4.98 Å². The van der Waals surface area contributed by atoms with Gasteiger partial charge in [0.25, 0.3) is 0 Å². The Morgan fingerprint density at radius 2 is 1.91 bits per heavy atom. The Bertz CT molecular complexity index is 548. The molecule has 0 aromatic carbocycles. The standard InChI is InChI=1S/C15H17NO6/c1-2-12(17)21-10-7-19-14-11(8-20-13(10)14)22-15(18)9-4-3-5-16-6-9/h3-6,10-11,13-14H,2,7-8H2,1H3/t10-,11?,13+,14+/m0/s1. The average molecular weight is 307 g/mol. The number of nitrogens with zero attached hydrogens (tertiary/aromatic N) is 1. The summed E-state index contributed by atoms with van der Waals surface area (Å²) in [6.45, 7) is 2.20. The predicted octanol–water partition coefficient (Wildman–Crippen LogP) is 0.726. The molecule has 0 amide bonds. The molecule has 0 spiro atoms.